The van der Waals surface area contributed by atoms with Crippen molar-refractivity contribution in [1.29, 1.82) is 0 Å². The summed E-state index contributed by atoms with van der Waals surface area (Å²) in [6.07, 6.45) is 0. The Labute approximate surface area is 131 Å². The molecule has 0 fully saturated rings. The fraction of sp³-hybridized carbons (Fsp3) is 0.125. The lowest BCUT2D eigenvalue weighted by atomic mass is 10.1. The SMILES string of the molecule is C[C@H](NC(=O)c1ccc(C(N)=O)cc1)c1ccccc1Br. The lowest BCUT2D eigenvalue weighted by Gasteiger charge is -2.16. The average molecular weight is 347 g/mol. The molecular weight excluding hydrogens is 332 g/mol. The number of hydrogen-bond acceptors (Lipinski definition) is 2. The van der Waals surface area contributed by atoms with Crippen LogP contribution in [-0.2, 0) is 0 Å². The molecule has 0 radical (unpaired) electrons. The lowest BCUT2D eigenvalue weighted by molar-refractivity contribution is 0.0937. The van der Waals surface area contributed by atoms with E-state index in [1.54, 1.807) is 24.3 Å². The largest absolute Gasteiger partial charge is 0.366 e. The molecule has 0 aromatic heterocycles. The van der Waals surface area contributed by atoms with Gasteiger partial charge in [-0.3, -0.25) is 9.59 Å². The summed E-state index contributed by atoms with van der Waals surface area (Å²) >= 11 is 3.47. The highest BCUT2D eigenvalue weighted by atomic mass is 79.9. The van der Waals surface area contributed by atoms with E-state index in [0.717, 1.165) is 10.0 Å². The summed E-state index contributed by atoms with van der Waals surface area (Å²) in [4.78, 5) is 23.2. The molecule has 0 aliphatic carbocycles. The minimum Gasteiger partial charge on any atom is -0.366 e. The van der Waals surface area contributed by atoms with E-state index in [1.807, 2.05) is 31.2 Å². The van der Waals surface area contributed by atoms with Gasteiger partial charge in [0.15, 0.2) is 0 Å². The van der Waals surface area contributed by atoms with Crippen molar-refractivity contribution in [3.05, 3.63) is 69.7 Å². The molecule has 21 heavy (non-hydrogen) atoms. The third-order valence-electron chi connectivity index (χ3n) is 3.15. The molecule has 0 saturated heterocycles. The fourth-order valence-corrected chi connectivity index (χ4v) is 2.60. The molecule has 3 N–H and O–H groups in total. The second-order valence-electron chi connectivity index (χ2n) is 4.66. The van der Waals surface area contributed by atoms with Crippen molar-refractivity contribution in [2.24, 2.45) is 5.73 Å². The predicted octanol–water partition coefficient (Wildman–Crippen LogP) is 3.04. The van der Waals surface area contributed by atoms with E-state index in [-0.39, 0.29) is 11.9 Å². The molecule has 5 heteroatoms. The molecular formula is C16H15BrN2O2. The molecule has 1 atom stereocenters. The molecule has 2 amide bonds. The van der Waals surface area contributed by atoms with Gasteiger partial charge in [-0.15, -0.1) is 0 Å². The van der Waals surface area contributed by atoms with Crippen LogP contribution in [-0.4, -0.2) is 11.8 Å². The van der Waals surface area contributed by atoms with Crippen molar-refractivity contribution < 1.29 is 9.59 Å². The zero-order chi connectivity index (χ0) is 15.4. The number of carbonyl (C=O) groups excluding carboxylic acids is 2. The van der Waals surface area contributed by atoms with Crippen LogP contribution in [0.25, 0.3) is 0 Å². The van der Waals surface area contributed by atoms with E-state index in [2.05, 4.69) is 21.2 Å². The van der Waals surface area contributed by atoms with E-state index >= 15 is 0 Å². The highest BCUT2D eigenvalue weighted by Crippen LogP contribution is 2.23. The van der Waals surface area contributed by atoms with Crippen molar-refractivity contribution >= 4 is 27.7 Å². The fourth-order valence-electron chi connectivity index (χ4n) is 1.97. The number of benzene rings is 2. The molecule has 2 rings (SSSR count). The van der Waals surface area contributed by atoms with Gasteiger partial charge in [-0.05, 0) is 42.8 Å². The summed E-state index contributed by atoms with van der Waals surface area (Å²) in [7, 11) is 0. The predicted molar refractivity (Wildman–Crippen MR) is 85.0 cm³/mol. The molecule has 2 aromatic carbocycles. The maximum atomic E-state index is 12.2. The lowest BCUT2D eigenvalue weighted by Crippen LogP contribution is -2.27. The summed E-state index contributed by atoms with van der Waals surface area (Å²) in [5.41, 5.74) is 7.03. The molecule has 0 aliphatic heterocycles. The highest BCUT2D eigenvalue weighted by Gasteiger charge is 2.13. The van der Waals surface area contributed by atoms with Crippen LogP contribution in [0.4, 0.5) is 0 Å². The Kier molecular flexibility index (Phi) is 4.75. The van der Waals surface area contributed by atoms with E-state index in [0.29, 0.717) is 11.1 Å². The summed E-state index contributed by atoms with van der Waals surface area (Å²) in [5, 5.41) is 2.92. The Hall–Kier alpha value is -2.14. The normalized spacial score (nSPS) is 11.7. The first-order valence-electron chi connectivity index (χ1n) is 6.44. The van der Waals surface area contributed by atoms with Crippen molar-refractivity contribution in [2.45, 2.75) is 13.0 Å². The maximum absolute atomic E-state index is 12.2. The molecule has 0 bridgehead atoms. The van der Waals surface area contributed by atoms with Crippen molar-refractivity contribution in [1.82, 2.24) is 5.32 Å². The van der Waals surface area contributed by atoms with Crippen LogP contribution < -0.4 is 11.1 Å². The first-order chi connectivity index (χ1) is 9.99. The van der Waals surface area contributed by atoms with Crippen LogP contribution in [0, 0.1) is 0 Å². The molecule has 2 aromatic rings. The number of nitrogens with one attached hydrogen (secondary N) is 1. The number of rotatable bonds is 4. The standard InChI is InChI=1S/C16H15BrN2O2/c1-10(13-4-2-3-5-14(13)17)19-16(21)12-8-6-11(7-9-12)15(18)20/h2-10H,1H3,(H2,18,20)(H,19,21)/t10-/m0/s1. The zero-order valence-electron chi connectivity index (χ0n) is 11.5. The Morgan fingerprint density at radius 2 is 1.62 bits per heavy atom. The van der Waals surface area contributed by atoms with Gasteiger partial charge in [-0.1, -0.05) is 34.1 Å². The third kappa shape index (κ3) is 3.70. The van der Waals surface area contributed by atoms with Crippen molar-refractivity contribution in [3.63, 3.8) is 0 Å². The van der Waals surface area contributed by atoms with Gasteiger partial charge in [0.2, 0.25) is 5.91 Å². The Morgan fingerprint density at radius 3 is 2.19 bits per heavy atom. The zero-order valence-corrected chi connectivity index (χ0v) is 13.1. The summed E-state index contributed by atoms with van der Waals surface area (Å²) in [6, 6.07) is 13.8. The van der Waals surface area contributed by atoms with Gasteiger partial charge < -0.3 is 11.1 Å². The van der Waals surface area contributed by atoms with Crippen LogP contribution in [0.3, 0.4) is 0 Å². The second-order valence-corrected chi connectivity index (χ2v) is 5.51. The van der Waals surface area contributed by atoms with E-state index < -0.39 is 5.91 Å². The van der Waals surface area contributed by atoms with Crippen LogP contribution in [0.2, 0.25) is 0 Å². The minimum absolute atomic E-state index is 0.135. The van der Waals surface area contributed by atoms with Gasteiger partial charge in [-0.2, -0.15) is 0 Å². The third-order valence-corrected chi connectivity index (χ3v) is 3.87. The number of primary amides is 1. The van der Waals surface area contributed by atoms with Crippen molar-refractivity contribution in [2.75, 3.05) is 0 Å². The number of halogens is 1. The number of hydrogen-bond donors (Lipinski definition) is 2. The average Bonchev–Trinajstić information content (AvgIpc) is 2.47. The van der Waals surface area contributed by atoms with Crippen LogP contribution in [0.1, 0.15) is 39.2 Å². The summed E-state index contributed by atoms with van der Waals surface area (Å²) < 4.78 is 0.946. The molecule has 4 nitrogen and oxygen atoms in total. The van der Waals surface area contributed by atoms with Crippen LogP contribution >= 0.6 is 15.9 Å². The number of amides is 2. The Balaban J connectivity index is 2.11. The van der Waals surface area contributed by atoms with Gasteiger partial charge in [0.1, 0.15) is 0 Å². The summed E-state index contributed by atoms with van der Waals surface area (Å²) in [6.45, 7) is 1.91. The van der Waals surface area contributed by atoms with E-state index in [9.17, 15) is 9.59 Å². The Bertz CT molecular complexity index is 668. The van der Waals surface area contributed by atoms with Gasteiger partial charge >= 0.3 is 0 Å². The maximum Gasteiger partial charge on any atom is 0.251 e. The van der Waals surface area contributed by atoms with Gasteiger partial charge in [0.25, 0.3) is 5.91 Å². The molecule has 0 saturated carbocycles. The molecule has 0 heterocycles. The Morgan fingerprint density at radius 1 is 1.05 bits per heavy atom. The van der Waals surface area contributed by atoms with Crippen molar-refractivity contribution in [3.8, 4) is 0 Å². The van der Waals surface area contributed by atoms with Crippen LogP contribution in [0.15, 0.2) is 53.0 Å². The first-order valence-corrected chi connectivity index (χ1v) is 7.23. The summed E-state index contributed by atoms with van der Waals surface area (Å²) in [5.74, 6) is -0.710. The monoisotopic (exact) mass is 346 g/mol. The first kappa shape index (κ1) is 15.3. The minimum atomic E-state index is -0.511. The van der Waals surface area contributed by atoms with Gasteiger partial charge in [0, 0.05) is 15.6 Å². The molecule has 0 aliphatic rings. The molecule has 108 valence electrons. The topological polar surface area (TPSA) is 72.2 Å². The number of nitrogens with two attached hydrogens (primary N) is 1. The quantitative estimate of drug-likeness (QED) is 0.892. The molecule has 0 unspecified atom stereocenters. The molecule has 0 spiro atoms. The highest BCUT2D eigenvalue weighted by molar-refractivity contribution is 9.10. The van der Waals surface area contributed by atoms with Crippen LogP contribution in [0.5, 0.6) is 0 Å². The van der Waals surface area contributed by atoms with Gasteiger partial charge in [-0.25, -0.2) is 0 Å². The second kappa shape index (κ2) is 6.54. The van der Waals surface area contributed by atoms with Gasteiger partial charge in [0.05, 0.1) is 6.04 Å². The number of carbonyl (C=O) groups is 2. The van der Waals surface area contributed by atoms with E-state index in [1.165, 1.54) is 0 Å². The smallest absolute Gasteiger partial charge is 0.251 e. The van der Waals surface area contributed by atoms with E-state index in [4.69, 9.17) is 5.73 Å².